The van der Waals surface area contributed by atoms with Gasteiger partial charge in [0.15, 0.2) is 11.5 Å². The highest BCUT2D eigenvalue weighted by Crippen LogP contribution is 2.19. The molecule has 3 aromatic rings. The molecule has 3 rings (SSSR count). The highest BCUT2D eigenvalue weighted by Gasteiger charge is 2.12. The Kier molecular flexibility index (Phi) is 10.3. The van der Waals surface area contributed by atoms with E-state index in [1.807, 2.05) is 25.1 Å². The molecule has 0 aliphatic carbocycles. The zero-order chi connectivity index (χ0) is 26.5. The van der Waals surface area contributed by atoms with Crippen molar-refractivity contribution in [2.75, 3.05) is 7.11 Å². The number of rotatable bonds is 12. The fourth-order valence-electron chi connectivity index (χ4n) is 2.58. The normalized spacial score (nSPS) is 12.0. The SMILES string of the molecule is [C-]#[N+]C(=NOSOOc1ccc(C)cc1)c1cccc(C(C#N)=NOS(=O)Oc2ccc(OC)cc2)c1. The Morgan fingerprint density at radius 2 is 1.68 bits per heavy atom. The smallest absolute Gasteiger partial charge is 0.439 e. The molecule has 0 fully saturated rings. The summed E-state index contributed by atoms with van der Waals surface area (Å²) >= 11 is -1.90. The lowest BCUT2D eigenvalue weighted by Crippen LogP contribution is -2.06. The lowest BCUT2D eigenvalue weighted by Gasteiger charge is -2.04. The van der Waals surface area contributed by atoms with E-state index in [-0.39, 0.29) is 22.9 Å². The van der Waals surface area contributed by atoms with Crippen molar-refractivity contribution < 1.29 is 30.9 Å². The number of oxime groups is 2. The number of methoxy groups -OCH3 is 1. The molecular weight excluding hydrogens is 520 g/mol. The quantitative estimate of drug-likeness (QED) is 0.0590. The van der Waals surface area contributed by atoms with Gasteiger partial charge in [-0.25, -0.2) is 4.28 Å². The molecule has 0 saturated carbocycles. The van der Waals surface area contributed by atoms with Crippen molar-refractivity contribution in [3.63, 3.8) is 0 Å². The second-order valence-electron chi connectivity index (χ2n) is 6.80. The van der Waals surface area contributed by atoms with E-state index >= 15 is 0 Å². The Morgan fingerprint density at radius 3 is 2.35 bits per heavy atom. The van der Waals surface area contributed by atoms with Crippen molar-refractivity contribution in [1.29, 1.82) is 5.26 Å². The molecule has 0 spiro atoms. The van der Waals surface area contributed by atoms with Gasteiger partial charge in [-0.2, -0.15) is 9.47 Å². The third-order valence-electron chi connectivity index (χ3n) is 4.35. The van der Waals surface area contributed by atoms with Gasteiger partial charge in [0.25, 0.3) is 0 Å². The number of amidine groups is 1. The van der Waals surface area contributed by atoms with Crippen LogP contribution in [0.4, 0.5) is 0 Å². The minimum absolute atomic E-state index is 0.127. The van der Waals surface area contributed by atoms with Crippen LogP contribution in [0.5, 0.6) is 17.2 Å². The van der Waals surface area contributed by atoms with Gasteiger partial charge in [-0.05, 0) is 43.3 Å². The van der Waals surface area contributed by atoms with Crippen molar-refractivity contribution in [3.8, 4) is 23.3 Å². The first-order valence-corrected chi connectivity index (χ1v) is 11.9. The number of benzene rings is 3. The lowest BCUT2D eigenvalue weighted by molar-refractivity contribution is -0.0867. The van der Waals surface area contributed by atoms with E-state index in [0.717, 1.165) is 5.56 Å². The van der Waals surface area contributed by atoms with Crippen LogP contribution >= 0.6 is 12.3 Å². The van der Waals surface area contributed by atoms with Gasteiger partial charge < -0.3 is 18.7 Å². The van der Waals surface area contributed by atoms with Crippen molar-refractivity contribution in [3.05, 3.63) is 101 Å². The first-order chi connectivity index (χ1) is 18.0. The molecule has 0 bridgehead atoms. The van der Waals surface area contributed by atoms with Crippen molar-refractivity contribution >= 4 is 35.2 Å². The summed E-state index contributed by atoms with van der Waals surface area (Å²) < 4.78 is 36.7. The maximum Gasteiger partial charge on any atom is 0.439 e. The molecule has 0 radical (unpaired) electrons. The Bertz CT molecular complexity index is 1370. The van der Waals surface area contributed by atoms with E-state index in [1.54, 1.807) is 42.5 Å². The van der Waals surface area contributed by atoms with Gasteiger partial charge in [-0.3, -0.25) is 4.28 Å². The molecule has 11 nitrogen and oxygen atoms in total. The minimum Gasteiger partial charge on any atom is -0.497 e. The molecule has 1 atom stereocenters. The fourth-order valence-corrected chi connectivity index (χ4v) is 3.25. The van der Waals surface area contributed by atoms with Gasteiger partial charge in [0.1, 0.15) is 17.6 Å². The van der Waals surface area contributed by atoms with Crippen LogP contribution in [0.2, 0.25) is 0 Å². The van der Waals surface area contributed by atoms with E-state index < -0.39 is 11.4 Å². The van der Waals surface area contributed by atoms with Crippen LogP contribution in [-0.4, -0.2) is 22.9 Å². The largest absolute Gasteiger partial charge is 0.497 e. The highest BCUT2D eigenvalue weighted by atomic mass is 32.2. The van der Waals surface area contributed by atoms with Gasteiger partial charge in [0, 0.05) is 11.1 Å². The average Bonchev–Trinajstić information content (AvgIpc) is 2.92. The topological polar surface area (TPSA) is 125 Å². The standard InChI is InChI=1S/C24H18N4O7S2/c1-17-7-9-21(10-8-17)31-35-36-33-28-24(26-2)19-6-4-5-18(15-19)23(16-25)27-34-37(29)32-22-13-11-20(30-3)12-14-22/h4-15H,1,3H3. The number of nitrogens with zero attached hydrogens (tertiary/aromatic N) is 4. The third kappa shape index (κ3) is 8.55. The summed E-state index contributed by atoms with van der Waals surface area (Å²) in [4.78, 5) is 8.34. The molecule has 0 N–H and O–H groups in total. The number of aryl methyl sites for hydroxylation is 1. The third-order valence-corrected chi connectivity index (χ3v) is 5.14. The second-order valence-corrected chi connectivity index (χ2v) is 7.95. The number of nitriles is 1. The zero-order valence-electron chi connectivity index (χ0n) is 19.4. The number of ether oxygens (including phenoxy) is 1. The van der Waals surface area contributed by atoms with E-state index in [2.05, 4.69) is 15.2 Å². The molecule has 13 heteroatoms. The molecular formula is C24H18N4O7S2. The number of hydrogen-bond acceptors (Lipinski definition) is 11. The molecule has 37 heavy (non-hydrogen) atoms. The van der Waals surface area contributed by atoms with Gasteiger partial charge in [0.2, 0.25) is 0 Å². The van der Waals surface area contributed by atoms with Crippen LogP contribution in [-0.2, 0) is 24.3 Å². The minimum atomic E-state index is -2.31. The maximum atomic E-state index is 12.0. The van der Waals surface area contributed by atoms with E-state index in [9.17, 15) is 9.47 Å². The summed E-state index contributed by atoms with van der Waals surface area (Å²) in [6.45, 7) is 9.31. The molecule has 0 aliphatic rings. The van der Waals surface area contributed by atoms with Crippen LogP contribution in [0.3, 0.4) is 0 Å². The molecule has 0 aromatic heterocycles. The van der Waals surface area contributed by atoms with Gasteiger partial charge in [-0.15, -0.1) is 0 Å². The van der Waals surface area contributed by atoms with Crippen LogP contribution in [0.15, 0.2) is 83.1 Å². The number of hydrogen-bond donors (Lipinski definition) is 0. The van der Waals surface area contributed by atoms with Crippen LogP contribution in [0, 0.1) is 24.8 Å². The predicted octanol–water partition coefficient (Wildman–Crippen LogP) is 5.08. The Hall–Kier alpha value is -4.56. The van der Waals surface area contributed by atoms with Gasteiger partial charge in [-0.1, -0.05) is 58.0 Å². The Morgan fingerprint density at radius 1 is 1.00 bits per heavy atom. The fraction of sp³-hybridized carbons (Fsp3) is 0.0833. The average molecular weight is 539 g/mol. The summed E-state index contributed by atoms with van der Waals surface area (Å²) in [6.07, 6.45) is 0. The summed E-state index contributed by atoms with van der Waals surface area (Å²) in [6, 6.07) is 21.4. The molecule has 0 heterocycles. The van der Waals surface area contributed by atoms with Crippen LogP contribution in [0.25, 0.3) is 4.85 Å². The van der Waals surface area contributed by atoms with Crippen molar-refractivity contribution in [1.82, 2.24) is 0 Å². The van der Waals surface area contributed by atoms with Crippen LogP contribution < -0.4 is 13.8 Å². The highest BCUT2D eigenvalue weighted by molar-refractivity contribution is 7.89. The maximum absolute atomic E-state index is 12.0. The van der Waals surface area contributed by atoms with E-state index in [4.69, 9.17) is 33.3 Å². The first kappa shape index (κ1) is 27.0. The monoisotopic (exact) mass is 538 g/mol. The van der Waals surface area contributed by atoms with Gasteiger partial charge in [0.05, 0.1) is 12.3 Å². The summed E-state index contributed by atoms with van der Waals surface area (Å²) in [7, 11) is 1.51. The molecule has 3 aromatic carbocycles. The lowest BCUT2D eigenvalue weighted by atomic mass is 10.1. The molecule has 0 aliphatic heterocycles. The molecule has 188 valence electrons. The Labute approximate surface area is 219 Å². The second kappa shape index (κ2) is 14.1. The summed E-state index contributed by atoms with van der Waals surface area (Å²) in [5.74, 6) is 1.18. The van der Waals surface area contributed by atoms with E-state index in [1.165, 1.54) is 25.3 Å². The Balaban J connectivity index is 1.59. The van der Waals surface area contributed by atoms with Crippen molar-refractivity contribution in [2.45, 2.75) is 6.92 Å². The summed E-state index contributed by atoms with van der Waals surface area (Å²) in [5.41, 5.74) is 1.47. The predicted molar refractivity (Wildman–Crippen MR) is 136 cm³/mol. The van der Waals surface area contributed by atoms with E-state index in [0.29, 0.717) is 29.4 Å². The molecule has 1 unspecified atom stereocenters. The van der Waals surface area contributed by atoms with Gasteiger partial charge >= 0.3 is 29.5 Å². The van der Waals surface area contributed by atoms with Crippen molar-refractivity contribution in [2.24, 2.45) is 10.3 Å². The summed E-state index contributed by atoms with van der Waals surface area (Å²) in [5, 5.41) is 16.8. The molecule has 0 amide bonds. The zero-order valence-corrected chi connectivity index (χ0v) is 21.0. The molecule has 0 saturated heterocycles. The first-order valence-electron chi connectivity index (χ1n) is 10.2. The van der Waals surface area contributed by atoms with Crippen LogP contribution in [0.1, 0.15) is 16.7 Å².